The number of hydrogen-bond donors (Lipinski definition) is 0. The van der Waals surface area contributed by atoms with Gasteiger partial charge in [-0.1, -0.05) is 259 Å². The highest BCUT2D eigenvalue weighted by atomic mass is 31.0. The van der Waals surface area contributed by atoms with Crippen molar-refractivity contribution in [3.05, 3.63) is 310 Å². The molecule has 1 atom stereocenters. The van der Waals surface area contributed by atoms with Crippen molar-refractivity contribution in [1.29, 1.82) is 0 Å². The van der Waals surface area contributed by atoms with Crippen molar-refractivity contribution in [2.45, 2.75) is 103 Å². The molecule has 3 heteroatoms. The van der Waals surface area contributed by atoms with Crippen LogP contribution in [0.2, 0.25) is 0 Å². The molecule has 0 amide bonds. The first kappa shape index (κ1) is 56.9. The fraction of sp³-hybridized carbons (Fsp3) is 0.182. The summed E-state index contributed by atoms with van der Waals surface area (Å²) in [5, 5.41) is 2.60. The highest BCUT2D eigenvalue weighted by molar-refractivity contribution is 6.92. The fourth-order valence-corrected chi connectivity index (χ4v) is 17.2. The van der Waals surface area contributed by atoms with Crippen LogP contribution >= 0.6 is 9.90 Å². The predicted octanol–water partition coefficient (Wildman–Crippen LogP) is 24.5. The summed E-state index contributed by atoms with van der Waals surface area (Å²) in [6.07, 6.45) is 8.89. The molecule has 2 heterocycles. The molecule has 1 spiro atoms. The van der Waals surface area contributed by atoms with Crippen LogP contribution in [0.3, 0.4) is 0 Å². The summed E-state index contributed by atoms with van der Waals surface area (Å²) in [6, 6.07) is 98.3. The number of anilines is 3. The third-order valence-electron chi connectivity index (χ3n) is 21.6. The molecular formula is C88H75N2P-2. The lowest BCUT2D eigenvalue weighted by Gasteiger charge is -2.40. The summed E-state index contributed by atoms with van der Waals surface area (Å²) in [6.45, 7) is 14.1. The lowest BCUT2D eigenvalue weighted by atomic mass is 9.64. The van der Waals surface area contributed by atoms with Gasteiger partial charge < -0.3 is 19.4 Å². The molecule has 2 nitrogen and oxygen atoms in total. The van der Waals surface area contributed by atoms with Gasteiger partial charge in [-0.2, -0.15) is 0 Å². The van der Waals surface area contributed by atoms with Crippen LogP contribution in [0.25, 0.3) is 94.3 Å². The number of unbranched alkanes of at least 4 members (excludes halogenated alkanes) is 5. The van der Waals surface area contributed by atoms with E-state index >= 15 is 0 Å². The minimum atomic E-state index is -0.637. The van der Waals surface area contributed by atoms with Crippen LogP contribution in [-0.2, 0) is 16.2 Å². The Morgan fingerprint density at radius 3 is 1.63 bits per heavy atom. The van der Waals surface area contributed by atoms with E-state index in [4.69, 9.17) is 0 Å². The summed E-state index contributed by atoms with van der Waals surface area (Å²) in [7, 11) is 0. The largest absolute Gasteiger partial charge is 1.51 e. The zero-order valence-electron chi connectivity index (χ0n) is 53.1. The molecule has 0 saturated heterocycles. The van der Waals surface area contributed by atoms with Crippen molar-refractivity contribution in [1.82, 2.24) is 4.57 Å². The average Bonchev–Trinajstić information content (AvgIpc) is 1.53. The minimum absolute atomic E-state index is 0. The molecular weight excluding hydrogens is 1120 g/mol. The van der Waals surface area contributed by atoms with E-state index in [-0.39, 0.29) is 20.7 Å². The van der Waals surface area contributed by atoms with Gasteiger partial charge in [0.15, 0.2) is 0 Å². The Kier molecular flexibility index (Phi) is 13.6. The average molecular weight is 1190 g/mol. The Hall–Kier alpha value is -9.33. The number of fused-ring (bicyclic) bond motifs is 18. The molecule has 4 aliphatic rings. The van der Waals surface area contributed by atoms with Crippen LogP contribution in [0, 0.1) is 13.8 Å². The third kappa shape index (κ3) is 8.48. The van der Waals surface area contributed by atoms with E-state index in [1.165, 1.54) is 188 Å². The van der Waals surface area contributed by atoms with Gasteiger partial charge in [0.25, 0.3) is 0 Å². The summed E-state index contributed by atoms with van der Waals surface area (Å²) in [4.78, 5) is 2.48. The normalized spacial score (nSPS) is 15.4. The van der Waals surface area contributed by atoms with Crippen LogP contribution in [-0.4, -0.2) is 4.57 Å². The van der Waals surface area contributed by atoms with Gasteiger partial charge in [0.2, 0.25) is 0 Å². The molecule has 1 aromatic heterocycles. The molecule has 444 valence electrons. The number of hydrogen-bond acceptors (Lipinski definition) is 1. The van der Waals surface area contributed by atoms with Gasteiger partial charge in [0, 0.05) is 38.5 Å². The van der Waals surface area contributed by atoms with E-state index in [1.54, 1.807) is 0 Å². The van der Waals surface area contributed by atoms with Gasteiger partial charge in [-0.05, 0) is 199 Å². The predicted molar refractivity (Wildman–Crippen MR) is 388 cm³/mol. The summed E-state index contributed by atoms with van der Waals surface area (Å²) in [5.41, 5.74) is 35.2. The standard InChI is InChI=1S/C88H74N2.HP/c1-7-8-9-10-11-23-48-87(6)78-50-57(3)34-43-70(78)71-44-38-61(52-79(71)87)62-51-73-72-49-56(2)35-46-83(72)90-84-47-39-60(53-80(84)88(81(54-62)85(73)90)75-31-20-16-28-67(75)68-29-17-21-32-76(68)88)58-36-40-63(41-37-58)89(82-33-22-18-26-65(82)59-24-13-12-14-25-59)64-42-45-69-66-27-15-19-30-74(66)86(4,5)77(69)55-64;/h12-22,24-47,49-55H,7-11,23,48H2,1-6H3;1H/q;-2. The van der Waals surface area contributed by atoms with Crippen molar-refractivity contribution in [3.63, 3.8) is 0 Å². The molecule has 3 aliphatic carbocycles. The topological polar surface area (TPSA) is 8.17 Å². The van der Waals surface area contributed by atoms with E-state index in [1.807, 2.05) is 0 Å². The van der Waals surface area contributed by atoms with E-state index in [0.717, 1.165) is 23.5 Å². The quantitative estimate of drug-likeness (QED) is 0.0825. The number of nitrogens with zero attached hydrogens (tertiary/aromatic N) is 2. The molecule has 0 saturated carbocycles. The van der Waals surface area contributed by atoms with Gasteiger partial charge >= 0.3 is 0 Å². The SMILES string of the molecule is CCCCCCCCC1(C)c2cc(C)ccc2-c2ccc(-c3cc4c5c(c3)c3cc(C)ccc3n5-c3ccc(-c5ccc(N(c6ccc7c(c6)C(C)(C)c6ccccc6-7)c6ccccc6-c6ccccc6)cc5)cc3C43c4ccccc4-c4ccccc43)cc21.[PH-2]. The summed E-state index contributed by atoms with van der Waals surface area (Å²) in [5.74, 6) is 0. The zero-order valence-corrected chi connectivity index (χ0v) is 54.1. The number of aromatic nitrogens is 1. The number of rotatable bonds is 13. The molecule has 1 unspecified atom stereocenters. The van der Waals surface area contributed by atoms with Gasteiger partial charge in [0.1, 0.15) is 0 Å². The molecule has 0 fully saturated rings. The van der Waals surface area contributed by atoms with Crippen LogP contribution in [0.5, 0.6) is 0 Å². The first-order valence-electron chi connectivity index (χ1n) is 33.0. The second-order valence-electron chi connectivity index (χ2n) is 27.2. The molecule has 17 rings (SSSR count). The van der Waals surface area contributed by atoms with Crippen molar-refractivity contribution in [2.24, 2.45) is 0 Å². The van der Waals surface area contributed by atoms with E-state index in [9.17, 15) is 0 Å². The first-order chi connectivity index (χ1) is 44.0. The summed E-state index contributed by atoms with van der Waals surface area (Å²) >= 11 is 0. The highest BCUT2D eigenvalue weighted by Crippen LogP contribution is 2.63. The van der Waals surface area contributed by atoms with Crippen molar-refractivity contribution in [3.8, 4) is 72.4 Å². The van der Waals surface area contributed by atoms with Crippen molar-refractivity contribution >= 4 is 48.8 Å². The Labute approximate surface area is 540 Å². The number of aryl methyl sites for hydroxylation is 2. The molecule has 0 radical (unpaired) electrons. The lowest BCUT2D eigenvalue weighted by molar-refractivity contribution is 0.480. The van der Waals surface area contributed by atoms with Gasteiger partial charge in [-0.25, -0.2) is 0 Å². The van der Waals surface area contributed by atoms with E-state index < -0.39 is 5.41 Å². The molecule has 13 aromatic rings. The van der Waals surface area contributed by atoms with Crippen LogP contribution in [0.15, 0.2) is 255 Å². The van der Waals surface area contributed by atoms with Crippen LogP contribution in [0.1, 0.15) is 128 Å². The van der Waals surface area contributed by atoms with Gasteiger partial charge in [-0.3, -0.25) is 0 Å². The minimum Gasteiger partial charge on any atom is -1.51 e. The Morgan fingerprint density at radius 1 is 0.352 bits per heavy atom. The molecule has 0 N–H and O–H groups in total. The maximum atomic E-state index is 2.62. The van der Waals surface area contributed by atoms with Crippen LogP contribution in [0.4, 0.5) is 17.1 Å². The Bertz CT molecular complexity index is 5030. The maximum Gasteiger partial charge on any atom is 0.0754 e. The number of para-hydroxylation sites is 1. The second kappa shape index (κ2) is 21.7. The zero-order chi connectivity index (χ0) is 60.6. The smallest absolute Gasteiger partial charge is 0.0754 e. The molecule has 12 aromatic carbocycles. The van der Waals surface area contributed by atoms with Crippen LogP contribution < -0.4 is 4.90 Å². The molecule has 0 bridgehead atoms. The summed E-state index contributed by atoms with van der Waals surface area (Å²) < 4.78 is 2.62. The van der Waals surface area contributed by atoms with E-state index in [2.05, 4.69) is 306 Å². The lowest BCUT2D eigenvalue weighted by Crippen LogP contribution is -2.33. The fourth-order valence-electron chi connectivity index (χ4n) is 17.2. The highest BCUT2D eigenvalue weighted by Gasteiger charge is 2.51. The van der Waals surface area contributed by atoms with Gasteiger partial charge in [0.05, 0.1) is 27.8 Å². The third-order valence-corrected chi connectivity index (χ3v) is 21.6. The monoisotopic (exact) mass is 1190 g/mol. The Balaban J connectivity index is 0.00000661. The Morgan fingerprint density at radius 2 is 0.879 bits per heavy atom. The number of benzene rings is 12. The van der Waals surface area contributed by atoms with Crippen molar-refractivity contribution < 1.29 is 0 Å². The molecule has 1 aliphatic heterocycles. The van der Waals surface area contributed by atoms with Gasteiger partial charge in [-0.15, -0.1) is 0 Å². The first-order valence-corrected chi connectivity index (χ1v) is 33.0. The molecule has 91 heavy (non-hydrogen) atoms. The van der Waals surface area contributed by atoms with Crippen molar-refractivity contribution in [2.75, 3.05) is 4.90 Å². The second-order valence-corrected chi connectivity index (χ2v) is 27.2. The maximum absolute atomic E-state index is 2.62. The van der Waals surface area contributed by atoms with E-state index in [0.29, 0.717) is 0 Å².